The van der Waals surface area contributed by atoms with E-state index in [0.29, 0.717) is 38.9 Å². The maximum atomic E-state index is 11.7. The van der Waals surface area contributed by atoms with Crippen LogP contribution in [0.2, 0.25) is 0 Å². The largest absolute Gasteiger partial charge is 0.466 e. The van der Waals surface area contributed by atoms with Crippen LogP contribution in [-0.4, -0.2) is 49.2 Å². The smallest absolute Gasteiger partial charge is 0.308 e. The van der Waals surface area contributed by atoms with E-state index in [1.807, 2.05) is 6.92 Å². The molecule has 5 nitrogen and oxygen atoms in total. The SMILES string of the molecule is CCOC(=O)C1CCC(O)(COC2CCOCC2)CC1. The third kappa shape index (κ3) is 4.43. The summed E-state index contributed by atoms with van der Waals surface area (Å²) in [6, 6.07) is 0. The summed E-state index contributed by atoms with van der Waals surface area (Å²) >= 11 is 0. The standard InChI is InChI=1S/C15H26O5/c1-2-19-14(16)12-3-7-15(17,8-4-12)11-20-13-5-9-18-10-6-13/h12-13,17H,2-11H2,1H3. The highest BCUT2D eigenvalue weighted by atomic mass is 16.5. The number of hydrogen-bond acceptors (Lipinski definition) is 5. The summed E-state index contributed by atoms with van der Waals surface area (Å²) in [6.07, 6.45) is 4.61. The number of esters is 1. The average molecular weight is 286 g/mol. The van der Waals surface area contributed by atoms with Gasteiger partial charge in [-0.1, -0.05) is 0 Å². The normalized spacial score (nSPS) is 32.0. The molecule has 0 unspecified atom stereocenters. The molecule has 0 radical (unpaired) electrons. The van der Waals surface area contributed by atoms with Gasteiger partial charge in [-0.2, -0.15) is 0 Å². The maximum absolute atomic E-state index is 11.7. The first-order valence-corrected chi connectivity index (χ1v) is 7.71. The number of carbonyl (C=O) groups is 1. The highest BCUT2D eigenvalue weighted by Crippen LogP contribution is 2.33. The average Bonchev–Trinajstić information content (AvgIpc) is 2.47. The molecule has 0 amide bonds. The van der Waals surface area contributed by atoms with E-state index >= 15 is 0 Å². The lowest BCUT2D eigenvalue weighted by atomic mass is 9.79. The van der Waals surface area contributed by atoms with E-state index in [-0.39, 0.29) is 18.0 Å². The van der Waals surface area contributed by atoms with Crippen LogP contribution in [0.25, 0.3) is 0 Å². The van der Waals surface area contributed by atoms with Crippen LogP contribution in [0.15, 0.2) is 0 Å². The van der Waals surface area contributed by atoms with Crippen molar-refractivity contribution in [1.29, 1.82) is 0 Å². The molecule has 0 aromatic carbocycles. The van der Waals surface area contributed by atoms with Crippen LogP contribution in [0.5, 0.6) is 0 Å². The van der Waals surface area contributed by atoms with E-state index in [0.717, 1.165) is 26.1 Å². The van der Waals surface area contributed by atoms with Crippen LogP contribution in [0, 0.1) is 5.92 Å². The molecule has 1 heterocycles. The van der Waals surface area contributed by atoms with Gasteiger partial charge in [-0.25, -0.2) is 0 Å². The molecule has 0 aromatic heterocycles. The molecule has 0 aromatic rings. The Morgan fingerprint density at radius 1 is 1.25 bits per heavy atom. The van der Waals surface area contributed by atoms with E-state index in [4.69, 9.17) is 14.2 Å². The second-order valence-corrected chi connectivity index (χ2v) is 5.87. The lowest BCUT2D eigenvalue weighted by molar-refractivity contribution is -0.154. The van der Waals surface area contributed by atoms with E-state index in [1.54, 1.807) is 0 Å². The topological polar surface area (TPSA) is 65.0 Å². The molecule has 5 heteroatoms. The van der Waals surface area contributed by atoms with Crippen molar-refractivity contribution >= 4 is 5.97 Å². The molecule has 1 N–H and O–H groups in total. The fourth-order valence-electron chi connectivity index (χ4n) is 2.91. The summed E-state index contributed by atoms with van der Waals surface area (Å²) in [7, 11) is 0. The van der Waals surface area contributed by atoms with E-state index in [2.05, 4.69) is 0 Å². The molecule has 1 aliphatic heterocycles. The second-order valence-electron chi connectivity index (χ2n) is 5.87. The minimum absolute atomic E-state index is 0.0571. The van der Waals surface area contributed by atoms with E-state index < -0.39 is 5.60 Å². The summed E-state index contributed by atoms with van der Waals surface area (Å²) in [5.74, 6) is -0.182. The van der Waals surface area contributed by atoms with Crippen LogP contribution in [0.1, 0.15) is 45.4 Å². The third-order valence-electron chi connectivity index (χ3n) is 4.29. The van der Waals surface area contributed by atoms with Crippen molar-refractivity contribution in [2.75, 3.05) is 26.4 Å². The predicted octanol–water partition coefficient (Wildman–Crippen LogP) is 1.67. The zero-order valence-electron chi connectivity index (χ0n) is 12.3. The first-order valence-electron chi connectivity index (χ1n) is 7.71. The zero-order chi connectivity index (χ0) is 14.4. The second kappa shape index (κ2) is 7.38. The molecule has 1 saturated carbocycles. The Hall–Kier alpha value is -0.650. The van der Waals surface area contributed by atoms with Crippen LogP contribution in [0.3, 0.4) is 0 Å². The molecular formula is C15H26O5. The van der Waals surface area contributed by atoms with Gasteiger partial charge < -0.3 is 19.3 Å². The molecule has 116 valence electrons. The van der Waals surface area contributed by atoms with Gasteiger partial charge in [0.2, 0.25) is 0 Å². The van der Waals surface area contributed by atoms with Crippen molar-refractivity contribution in [2.24, 2.45) is 5.92 Å². The zero-order valence-corrected chi connectivity index (χ0v) is 12.3. The van der Waals surface area contributed by atoms with Gasteiger partial charge in [0.1, 0.15) is 0 Å². The lowest BCUT2D eigenvalue weighted by Gasteiger charge is -2.36. The van der Waals surface area contributed by atoms with Crippen LogP contribution in [0.4, 0.5) is 0 Å². The Morgan fingerprint density at radius 3 is 2.50 bits per heavy atom. The van der Waals surface area contributed by atoms with Crippen LogP contribution in [-0.2, 0) is 19.0 Å². The van der Waals surface area contributed by atoms with E-state index in [9.17, 15) is 9.90 Å². The van der Waals surface area contributed by atoms with Gasteiger partial charge in [0.25, 0.3) is 0 Å². The maximum Gasteiger partial charge on any atom is 0.308 e. The van der Waals surface area contributed by atoms with Crippen LogP contribution < -0.4 is 0 Å². The van der Waals surface area contributed by atoms with Crippen molar-refractivity contribution in [3.63, 3.8) is 0 Å². The van der Waals surface area contributed by atoms with Crippen molar-refractivity contribution in [3.05, 3.63) is 0 Å². The Bertz CT molecular complexity index is 303. The number of ether oxygens (including phenoxy) is 3. The molecule has 2 fully saturated rings. The monoisotopic (exact) mass is 286 g/mol. The number of carbonyl (C=O) groups excluding carboxylic acids is 1. The lowest BCUT2D eigenvalue weighted by Crippen LogP contribution is -2.42. The Kier molecular flexibility index (Phi) is 5.81. The van der Waals surface area contributed by atoms with Crippen molar-refractivity contribution < 1.29 is 24.1 Å². The Balaban J connectivity index is 1.71. The summed E-state index contributed by atoms with van der Waals surface area (Å²) in [6.45, 7) is 4.10. The Morgan fingerprint density at radius 2 is 1.90 bits per heavy atom. The van der Waals surface area contributed by atoms with Gasteiger partial charge in [-0.05, 0) is 45.4 Å². The first kappa shape index (κ1) is 15.7. The third-order valence-corrected chi connectivity index (χ3v) is 4.29. The summed E-state index contributed by atoms with van der Waals surface area (Å²) in [5, 5.41) is 10.5. The molecule has 0 spiro atoms. The van der Waals surface area contributed by atoms with Crippen molar-refractivity contribution in [1.82, 2.24) is 0 Å². The van der Waals surface area contributed by atoms with Gasteiger partial charge in [-0.3, -0.25) is 4.79 Å². The van der Waals surface area contributed by atoms with Crippen LogP contribution >= 0.6 is 0 Å². The molecule has 1 aliphatic carbocycles. The molecular weight excluding hydrogens is 260 g/mol. The van der Waals surface area contributed by atoms with Crippen molar-refractivity contribution in [2.45, 2.75) is 57.2 Å². The molecule has 20 heavy (non-hydrogen) atoms. The number of hydrogen-bond donors (Lipinski definition) is 1. The molecule has 1 saturated heterocycles. The van der Waals surface area contributed by atoms with Gasteiger partial charge >= 0.3 is 5.97 Å². The minimum Gasteiger partial charge on any atom is -0.466 e. The fourth-order valence-corrected chi connectivity index (χ4v) is 2.91. The summed E-state index contributed by atoms with van der Waals surface area (Å²) in [4.78, 5) is 11.7. The van der Waals surface area contributed by atoms with Gasteiger partial charge in [-0.15, -0.1) is 0 Å². The van der Waals surface area contributed by atoms with Crippen molar-refractivity contribution in [3.8, 4) is 0 Å². The predicted molar refractivity (Wildman–Crippen MR) is 73.3 cm³/mol. The van der Waals surface area contributed by atoms with Gasteiger partial charge in [0.15, 0.2) is 0 Å². The van der Waals surface area contributed by atoms with Gasteiger partial charge in [0.05, 0.1) is 30.8 Å². The summed E-state index contributed by atoms with van der Waals surface area (Å²) < 4.78 is 16.1. The quantitative estimate of drug-likeness (QED) is 0.779. The molecule has 2 rings (SSSR count). The number of aliphatic hydroxyl groups is 1. The Labute approximate surface area is 120 Å². The molecule has 2 aliphatic rings. The van der Waals surface area contributed by atoms with Gasteiger partial charge in [0, 0.05) is 13.2 Å². The highest BCUT2D eigenvalue weighted by Gasteiger charge is 2.37. The number of rotatable bonds is 5. The molecule has 0 bridgehead atoms. The minimum atomic E-state index is -0.776. The first-order chi connectivity index (χ1) is 9.63. The molecule has 0 atom stereocenters. The highest BCUT2D eigenvalue weighted by molar-refractivity contribution is 5.72. The summed E-state index contributed by atoms with van der Waals surface area (Å²) in [5.41, 5.74) is -0.776. The van der Waals surface area contributed by atoms with E-state index in [1.165, 1.54) is 0 Å². The fraction of sp³-hybridized carbons (Fsp3) is 0.933.